The van der Waals surface area contributed by atoms with E-state index in [-0.39, 0.29) is 12.3 Å². The van der Waals surface area contributed by atoms with Gasteiger partial charge in [0.2, 0.25) is 0 Å². The number of thioether (sulfide) groups is 1. The summed E-state index contributed by atoms with van der Waals surface area (Å²) in [7, 11) is 0. The van der Waals surface area contributed by atoms with Crippen molar-refractivity contribution >= 4 is 57.9 Å². The SMILES string of the molecule is O=C(O)C[C@@H](c1ccccc1)N1C(=O)/C(=C/c2ccccc2Cl)SC1=S. The standard InChI is InChI=1S/C19H14ClNO3S2/c20-14-9-5-4-8-13(14)10-16-18(24)21(19(25)26-16)15(11-17(22)23)12-6-2-1-3-7-12/h1-10,15H,11H2,(H,22,23)/b16-10-/t15-/m0/s1. The van der Waals surface area contributed by atoms with Crippen molar-refractivity contribution in [1.82, 2.24) is 4.90 Å². The number of carboxylic acid groups (broad SMARTS) is 1. The zero-order valence-corrected chi connectivity index (χ0v) is 15.9. The molecule has 1 fully saturated rings. The van der Waals surface area contributed by atoms with Crippen LogP contribution in [0.25, 0.3) is 6.08 Å². The minimum atomic E-state index is -0.997. The molecule has 1 saturated heterocycles. The van der Waals surface area contributed by atoms with Gasteiger partial charge in [-0.05, 0) is 23.3 Å². The van der Waals surface area contributed by atoms with Gasteiger partial charge in [0, 0.05) is 5.02 Å². The predicted octanol–water partition coefficient (Wildman–Crippen LogP) is 4.76. The molecule has 1 N–H and O–H groups in total. The Hall–Kier alpha value is -2.15. The lowest BCUT2D eigenvalue weighted by Crippen LogP contribution is -2.34. The second kappa shape index (κ2) is 8.03. The topological polar surface area (TPSA) is 57.6 Å². The summed E-state index contributed by atoms with van der Waals surface area (Å²) >= 11 is 12.7. The Labute approximate surface area is 165 Å². The van der Waals surface area contributed by atoms with Crippen molar-refractivity contribution in [3.8, 4) is 0 Å². The fourth-order valence-electron chi connectivity index (χ4n) is 2.68. The average molecular weight is 404 g/mol. The third kappa shape index (κ3) is 3.98. The Morgan fingerprint density at radius 2 is 1.85 bits per heavy atom. The second-order valence-electron chi connectivity index (χ2n) is 5.60. The smallest absolute Gasteiger partial charge is 0.305 e. The number of benzene rings is 2. The number of carbonyl (C=O) groups is 2. The van der Waals surface area contributed by atoms with E-state index in [2.05, 4.69) is 0 Å². The third-order valence-corrected chi connectivity index (χ3v) is 5.55. The van der Waals surface area contributed by atoms with Gasteiger partial charge < -0.3 is 5.11 Å². The van der Waals surface area contributed by atoms with Gasteiger partial charge in [-0.15, -0.1) is 0 Å². The van der Waals surface area contributed by atoms with Crippen LogP contribution in [0.15, 0.2) is 59.5 Å². The van der Waals surface area contributed by atoms with Gasteiger partial charge in [0.05, 0.1) is 17.4 Å². The zero-order chi connectivity index (χ0) is 18.7. The van der Waals surface area contributed by atoms with Gasteiger partial charge in [0.1, 0.15) is 4.32 Å². The Kier molecular flexibility index (Phi) is 5.76. The van der Waals surface area contributed by atoms with Crippen molar-refractivity contribution in [2.75, 3.05) is 0 Å². The summed E-state index contributed by atoms with van der Waals surface area (Å²) < 4.78 is 0.336. The number of amides is 1. The molecule has 0 radical (unpaired) electrons. The molecule has 1 aliphatic rings. The maximum absolute atomic E-state index is 12.9. The van der Waals surface area contributed by atoms with E-state index in [4.69, 9.17) is 23.8 Å². The van der Waals surface area contributed by atoms with E-state index in [0.29, 0.717) is 19.8 Å². The summed E-state index contributed by atoms with van der Waals surface area (Å²) in [4.78, 5) is 26.1. The van der Waals surface area contributed by atoms with E-state index >= 15 is 0 Å². The molecule has 2 aromatic carbocycles. The highest BCUT2D eigenvalue weighted by Crippen LogP contribution is 2.39. The van der Waals surface area contributed by atoms with Crippen LogP contribution in [0.1, 0.15) is 23.6 Å². The number of thiocarbonyl (C=S) groups is 1. The molecule has 1 amide bonds. The molecule has 132 valence electrons. The Balaban J connectivity index is 1.96. The van der Waals surface area contributed by atoms with Crippen LogP contribution in [-0.4, -0.2) is 26.2 Å². The van der Waals surface area contributed by atoms with Gasteiger partial charge in [-0.25, -0.2) is 0 Å². The number of halogens is 1. The van der Waals surface area contributed by atoms with Gasteiger partial charge in [0.15, 0.2) is 0 Å². The molecule has 0 unspecified atom stereocenters. The fourth-order valence-corrected chi connectivity index (χ4v) is 4.22. The van der Waals surface area contributed by atoms with Crippen LogP contribution in [0.4, 0.5) is 0 Å². The number of hydrogen-bond donors (Lipinski definition) is 1. The molecule has 0 saturated carbocycles. The van der Waals surface area contributed by atoms with Gasteiger partial charge in [0.25, 0.3) is 5.91 Å². The summed E-state index contributed by atoms with van der Waals surface area (Å²) in [6, 6.07) is 15.6. The molecule has 2 aromatic rings. The monoisotopic (exact) mass is 403 g/mol. The molecular formula is C19H14ClNO3S2. The first-order valence-electron chi connectivity index (χ1n) is 7.75. The van der Waals surface area contributed by atoms with Crippen LogP contribution >= 0.6 is 35.6 Å². The van der Waals surface area contributed by atoms with E-state index < -0.39 is 12.0 Å². The number of aliphatic carboxylic acids is 1. The molecular weight excluding hydrogens is 390 g/mol. The first kappa shape index (κ1) is 18.6. The lowest BCUT2D eigenvalue weighted by Gasteiger charge is -2.26. The van der Waals surface area contributed by atoms with E-state index in [1.807, 2.05) is 18.2 Å². The van der Waals surface area contributed by atoms with Crippen molar-refractivity contribution in [3.05, 3.63) is 75.7 Å². The first-order chi connectivity index (χ1) is 12.5. The van der Waals surface area contributed by atoms with E-state index in [1.54, 1.807) is 42.5 Å². The van der Waals surface area contributed by atoms with Gasteiger partial charge in [-0.2, -0.15) is 0 Å². The quantitative estimate of drug-likeness (QED) is 0.576. The summed E-state index contributed by atoms with van der Waals surface area (Å²) in [6.07, 6.45) is 1.46. The predicted molar refractivity (Wildman–Crippen MR) is 108 cm³/mol. The molecule has 0 spiro atoms. The highest BCUT2D eigenvalue weighted by Gasteiger charge is 2.38. The first-order valence-corrected chi connectivity index (χ1v) is 9.36. The lowest BCUT2D eigenvalue weighted by molar-refractivity contribution is -0.138. The summed E-state index contributed by atoms with van der Waals surface area (Å²) in [5.74, 6) is -1.31. The summed E-state index contributed by atoms with van der Waals surface area (Å²) in [5, 5.41) is 9.83. The van der Waals surface area contributed by atoms with Crippen molar-refractivity contribution in [1.29, 1.82) is 0 Å². The molecule has 1 aliphatic heterocycles. The molecule has 0 aliphatic carbocycles. The molecule has 0 aromatic heterocycles. The van der Waals surface area contributed by atoms with Gasteiger partial charge in [-0.3, -0.25) is 14.5 Å². The van der Waals surface area contributed by atoms with Crippen molar-refractivity contribution in [2.24, 2.45) is 0 Å². The molecule has 26 heavy (non-hydrogen) atoms. The second-order valence-corrected chi connectivity index (χ2v) is 7.68. The van der Waals surface area contributed by atoms with Crippen molar-refractivity contribution < 1.29 is 14.7 Å². The number of nitrogens with zero attached hydrogens (tertiary/aromatic N) is 1. The van der Waals surface area contributed by atoms with Crippen LogP contribution in [0.3, 0.4) is 0 Å². The summed E-state index contributed by atoms with van der Waals surface area (Å²) in [6.45, 7) is 0. The van der Waals surface area contributed by atoms with E-state index in [9.17, 15) is 14.7 Å². The van der Waals surface area contributed by atoms with Crippen LogP contribution in [0, 0.1) is 0 Å². The largest absolute Gasteiger partial charge is 0.481 e. The highest BCUT2D eigenvalue weighted by molar-refractivity contribution is 8.26. The van der Waals surface area contributed by atoms with E-state index in [0.717, 1.165) is 17.3 Å². The molecule has 7 heteroatoms. The maximum Gasteiger partial charge on any atom is 0.305 e. The highest BCUT2D eigenvalue weighted by atomic mass is 35.5. The number of carbonyl (C=O) groups excluding carboxylic acids is 1. The normalized spacial score (nSPS) is 17.0. The number of hydrogen-bond acceptors (Lipinski definition) is 4. The zero-order valence-electron chi connectivity index (χ0n) is 13.5. The average Bonchev–Trinajstić information content (AvgIpc) is 2.89. The molecule has 0 bridgehead atoms. The number of rotatable bonds is 5. The van der Waals surface area contributed by atoms with Crippen molar-refractivity contribution in [3.63, 3.8) is 0 Å². The maximum atomic E-state index is 12.9. The molecule has 4 nitrogen and oxygen atoms in total. The lowest BCUT2D eigenvalue weighted by atomic mass is 10.0. The summed E-state index contributed by atoms with van der Waals surface area (Å²) in [5.41, 5.74) is 1.44. The Bertz CT molecular complexity index is 899. The minimum absolute atomic E-state index is 0.226. The van der Waals surface area contributed by atoms with Gasteiger partial charge >= 0.3 is 5.97 Å². The van der Waals surface area contributed by atoms with Crippen LogP contribution < -0.4 is 0 Å². The van der Waals surface area contributed by atoms with Crippen molar-refractivity contribution in [2.45, 2.75) is 12.5 Å². The van der Waals surface area contributed by atoms with Gasteiger partial charge in [-0.1, -0.05) is 84.1 Å². The minimum Gasteiger partial charge on any atom is -0.481 e. The fraction of sp³-hybridized carbons (Fsp3) is 0.105. The Morgan fingerprint density at radius 3 is 2.50 bits per heavy atom. The van der Waals surface area contributed by atoms with E-state index in [1.165, 1.54) is 4.90 Å². The third-order valence-electron chi connectivity index (χ3n) is 3.88. The van der Waals surface area contributed by atoms with Crippen LogP contribution in [-0.2, 0) is 9.59 Å². The molecule has 1 heterocycles. The molecule has 1 atom stereocenters. The Morgan fingerprint density at radius 1 is 1.19 bits per heavy atom. The molecule has 3 rings (SSSR count). The van der Waals surface area contributed by atoms with Crippen LogP contribution in [0.2, 0.25) is 5.02 Å². The van der Waals surface area contributed by atoms with Crippen LogP contribution in [0.5, 0.6) is 0 Å². The number of carboxylic acids is 1.